The van der Waals surface area contributed by atoms with Crippen LogP contribution < -0.4 is 0 Å². The molecule has 0 aromatic carbocycles. The summed E-state index contributed by atoms with van der Waals surface area (Å²) in [4.78, 5) is 13.4. The topological polar surface area (TPSA) is 103 Å². The maximum atomic E-state index is 10.8. The van der Waals surface area contributed by atoms with Gasteiger partial charge in [0.25, 0.3) is 0 Å². The first kappa shape index (κ1) is 15.7. The molecule has 17 heavy (non-hydrogen) atoms. The molecule has 0 aliphatic heterocycles. The van der Waals surface area contributed by atoms with Gasteiger partial charge in [-0.1, -0.05) is 5.11 Å². The molecule has 0 unspecified atom stereocenters. The Morgan fingerprint density at radius 3 is 2.47 bits per heavy atom. The lowest BCUT2D eigenvalue weighted by atomic mass is 10.6. The second kappa shape index (κ2) is 12.7. The molecule has 0 aromatic heterocycles. The minimum Gasteiger partial charge on any atom is -0.462 e. The molecule has 0 fully saturated rings. The summed E-state index contributed by atoms with van der Waals surface area (Å²) in [5, 5.41) is 3.30. The summed E-state index contributed by atoms with van der Waals surface area (Å²) in [6.07, 6.45) is 0. The average molecular weight is 247 g/mol. The summed E-state index contributed by atoms with van der Waals surface area (Å²) < 4.78 is 19.5. The fourth-order valence-corrected chi connectivity index (χ4v) is 0.846. The standard InChI is InChI=1S/C9H17N3O5/c1-14-8-9(13)17-7-6-16-5-4-15-3-2-11-12-10/h2-8H2,1H3. The van der Waals surface area contributed by atoms with Gasteiger partial charge in [-0.3, -0.25) is 0 Å². The van der Waals surface area contributed by atoms with E-state index in [4.69, 9.17) is 19.7 Å². The monoisotopic (exact) mass is 247 g/mol. The average Bonchev–Trinajstić information content (AvgIpc) is 2.32. The molecule has 0 N–H and O–H groups in total. The molecule has 0 heterocycles. The van der Waals surface area contributed by atoms with Crippen molar-refractivity contribution in [2.24, 2.45) is 5.11 Å². The van der Waals surface area contributed by atoms with Gasteiger partial charge in [0.1, 0.15) is 13.2 Å². The smallest absolute Gasteiger partial charge is 0.332 e. The quantitative estimate of drug-likeness (QED) is 0.174. The molecule has 0 rings (SSSR count). The van der Waals surface area contributed by atoms with Crippen molar-refractivity contribution < 1.29 is 23.7 Å². The van der Waals surface area contributed by atoms with E-state index in [1.54, 1.807) is 0 Å². The Kier molecular flexibility index (Phi) is 11.7. The van der Waals surface area contributed by atoms with Gasteiger partial charge in [0.05, 0.1) is 26.4 Å². The fourth-order valence-electron chi connectivity index (χ4n) is 0.846. The van der Waals surface area contributed by atoms with E-state index >= 15 is 0 Å². The zero-order chi connectivity index (χ0) is 12.8. The summed E-state index contributed by atoms with van der Waals surface area (Å²) in [6.45, 7) is 1.95. The van der Waals surface area contributed by atoms with Gasteiger partial charge in [-0.15, -0.1) is 0 Å². The fraction of sp³-hybridized carbons (Fsp3) is 0.889. The van der Waals surface area contributed by atoms with Gasteiger partial charge in [0.15, 0.2) is 0 Å². The van der Waals surface area contributed by atoms with Gasteiger partial charge in [0, 0.05) is 18.6 Å². The van der Waals surface area contributed by atoms with E-state index in [2.05, 4.69) is 14.8 Å². The Hall–Kier alpha value is -1.34. The number of carbonyl (C=O) groups excluding carboxylic acids is 1. The maximum Gasteiger partial charge on any atom is 0.332 e. The van der Waals surface area contributed by atoms with Crippen LogP contribution in [0.25, 0.3) is 10.4 Å². The molecule has 0 spiro atoms. The highest BCUT2D eigenvalue weighted by atomic mass is 16.6. The van der Waals surface area contributed by atoms with Crippen LogP contribution in [0.4, 0.5) is 0 Å². The summed E-state index contributed by atoms with van der Waals surface area (Å²) in [5.41, 5.74) is 7.98. The first-order valence-corrected chi connectivity index (χ1v) is 5.12. The van der Waals surface area contributed by atoms with Gasteiger partial charge in [-0.05, 0) is 5.53 Å². The second-order valence-electron chi connectivity index (χ2n) is 2.83. The van der Waals surface area contributed by atoms with E-state index in [0.717, 1.165) is 0 Å². The van der Waals surface area contributed by atoms with Crippen molar-refractivity contribution in [2.75, 3.05) is 53.3 Å². The minimum atomic E-state index is -0.415. The van der Waals surface area contributed by atoms with Crippen molar-refractivity contribution in [3.05, 3.63) is 10.4 Å². The molecule has 0 bridgehead atoms. The molecule has 0 aromatic rings. The zero-order valence-corrected chi connectivity index (χ0v) is 9.83. The highest BCUT2D eigenvalue weighted by Gasteiger charge is 2.00. The van der Waals surface area contributed by atoms with Crippen LogP contribution in [0.3, 0.4) is 0 Å². The Morgan fingerprint density at radius 1 is 1.18 bits per heavy atom. The molecule has 0 radical (unpaired) electrons. The van der Waals surface area contributed by atoms with E-state index in [9.17, 15) is 4.79 Å². The highest BCUT2D eigenvalue weighted by molar-refractivity contribution is 5.70. The number of esters is 1. The van der Waals surface area contributed by atoms with Crippen molar-refractivity contribution in [1.82, 2.24) is 0 Å². The lowest BCUT2D eigenvalue weighted by molar-refractivity contribution is -0.149. The van der Waals surface area contributed by atoms with Gasteiger partial charge in [-0.2, -0.15) is 0 Å². The van der Waals surface area contributed by atoms with Crippen LogP contribution in [0.15, 0.2) is 5.11 Å². The molecular formula is C9H17N3O5. The van der Waals surface area contributed by atoms with Crippen LogP contribution in [0, 0.1) is 0 Å². The van der Waals surface area contributed by atoms with Gasteiger partial charge < -0.3 is 18.9 Å². The molecule has 98 valence electrons. The number of ether oxygens (including phenoxy) is 4. The lowest BCUT2D eigenvalue weighted by Gasteiger charge is -2.05. The van der Waals surface area contributed by atoms with E-state index in [-0.39, 0.29) is 13.2 Å². The van der Waals surface area contributed by atoms with E-state index in [0.29, 0.717) is 33.0 Å². The van der Waals surface area contributed by atoms with Crippen LogP contribution in [-0.2, 0) is 23.7 Å². The number of nitrogens with zero attached hydrogens (tertiary/aromatic N) is 3. The van der Waals surface area contributed by atoms with Crippen LogP contribution in [0.1, 0.15) is 0 Å². The SMILES string of the molecule is COCC(=O)OCCOCCOCCN=[N+]=[N-]. The maximum absolute atomic E-state index is 10.8. The lowest BCUT2D eigenvalue weighted by Crippen LogP contribution is -2.16. The molecule has 8 heteroatoms. The number of azide groups is 1. The zero-order valence-electron chi connectivity index (χ0n) is 9.83. The van der Waals surface area contributed by atoms with E-state index in [1.165, 1.54) is 7.11 Å². The minimum absolute atomic E-state index is 0.0531. The Labute approximate surface area is 99.4 Å². The number of hydrogen-bond donors (Lipinski definition) is 0. The summed E-state index contributed by atoms with van der Waals surface area (Å²) in [5.74, 6) is -0.415. The first-order valence-electron chi connectivity index (χ1n) is 5.12. The van der Waals surface area contributed by atoms with Crippen LogP contribution in [0.2, 0.25) is 0 Å². The van der Waals surface area contributed by atoms with Gasteiger partial charge in [0.2, 0.25) is 0 Å². The van der Waals surface area contributed by atoms with Crippen LogP contribution >= 0.6 is 0 Å². The summed E-state index contributed by atoms with van der Waals surface area (Å²) >= 11 is 0. The predicted molar refractivity (Wildman–Crippen MR) is 58.5 cm³/mol. The second-order valence-corrected chi connectivity index (χ2v) is 2.83. The predicted octanol–water partition coefficient (Wildman–Crippen LogP) is 0.520. The molecule has 0 aliphatic rings. The number of rotatable bonds is 11. The third-order valence-electron chi connectivity index (χ3n) is 1.52. The number of hydrogen-bond acceptors (Lipinski definition) is 6. The first-order chi connectivity index (χ1) is 8.31. The van der Waals surface area contributed by atoms with Crippen LogP contribution in [-0.4, -0.2) is 59.3 Å². The van der Waals surface area contributed by atoms with Crippen molar-refractivity contribution in [2.45, 2.75) is 0 Å². The molecule has 0 aliphatic carbocycles. The third-order valence-corrected chi connectivity index (χ3v) is 1.52. The van der Waals surface area contributed by atoms with Crippen molar-refractivity contribution in [3.63, 3.8) is 0 Å². The molecule has 0 saturated heterocycles. The normalized spacial score (nSPS) is 9.71. The van der Waals surface area contributed by atoms with E-state index in [1.807, 2.05) is 0 Å². The molecule has 0 amide bonds. The molecular weight excluding hydrogens is 230 g/mol. The van der Waals surface area contributed by atoms with Crippen LogP contribution in [0.5, 0.6) is 0 Å². The Balaban J connectivity index is 3.08. The Bertz CT molecular complexity index is 243. The van der Waals surface area contributed by atoms with Crippen molar-refractivity contribution in [3.8, 4) is 0 Å². The van der Waals surface area contributed by atoms with E-state index < -0.39 is 5.97 Å². The van der Waals surface area contributed by atoms with Gasteiger partial charge in [-0.25, -0.2) is 4.79 Å². The largest absolute Gasteiger partial charge is 0.462 e. The Morgan fingerprint density at radius 2 is 1.82 bits per heavy atom. The summed E-state index contributed by atoms with van der Waals surface area (Å²) in [6, 6.07) is 0. The number of carbonyl (C=O) groups is 1. The molecule has 0 atom stereocenters. The number of methoxy groups -OCH3 is 1. The van der Waals surface area contributed by atoms with Crippen molar-refractivity contribution in [1.29, 1.82) is 0 Å². The summed E-state index contributed by atoms with van der Waals surface area (Å²) in [7, 11) is 1.42. The highest BCUT2D eigenvalue weighted by Crippen LogP contribution is 1.83. The third kappa shape index (κ3) is 12.6. The molecule has 8 nitrogen and oxygen atoms in total. The van der Waals surface area contributed by atoms with Crippen molar-refractivity contribution >= 4 is 5.97 Å². The molecule has 0 saturated carbocycles. The van der Waals surface area contributed by atoms with Gasteiger partial charge >= 0.3 is 5.97 Å².